The first-order chi connectivity index (χ1) is 5.47. The van der Waals surface area contributed by atoms with Crippen molar-refractivity contribution >= 4 is 11.3 Å². The van der Waals surface area contributed by atoms with E-state index in [-0.39, 0.29) is 0 Å². The smallest absolute Gasteiger partial charge is 0.0811 e. The van der Waals surface area contributed by atoms with Crippen molar-refractivity contribution in [3.63, 3.8) is 0 Å². The molecule has 1 heterocycles. The summed E-state index contributed by atoms with van der Waals surface area (Å²) in [5.74, 6) is 0. The van der Waals surface area contributed by atoms with Gasteiger partial charge in [-0.15, -0.1) is 11.3 Å². The molecule has 0 aliphatic heterocycles. The molecule has 0 fully saturated rings. The van der Waals surface area contributed by atoms with Crippen molar-refractivity contribution in [2.24, 2.45) is 0 Å². The Morgan fingerprint density at radius 3 is 2.73 bits per heavy atom. The summed E-state index contributed by atoms with van der Waals surface area (Å²) in [5.41, 5.74) is 4.04. The van der Waals surface area contributed by atoms with E-state index in [0.717, 1.165) is 11.3 Å². The van der Waals surface area contributed by atoms with Gasteiger partial charge in [-0.2, -0.15) is 0 Å². The molecular formula is C9H6NS. The van der Waals surface area contributed by atoms with E-state index in [0.29, 0.717) is 0 Å². The topological polar surface area (TPSA) is 12.9 Å². The van der Waals surface area contributed by atoms with Crippen LogP contribution in [0.1, 0.15) is 0 Å². The molecule has 11 heavy (non-hydrogen) atoms. The van der Waals surface area contributed by atoms with E-state index in [1.165, 1.54) is 0 Å². The quantitative estimate of drug-likeness (QED) is 0.625. The molecule has 0 atom stereocenters. The number of hydrogen-bond donors (Lipinski definition) is 0. The number of aromatic nitrogens is 1. The van der Waals surface area contributed by atoms with Gasteiger partial charge in [-0.3, -0.25) is 0 Å². The number of nitrogens with zero attached hydrogens (tertiary/aromatic N) is 1. The van der Waals surface area contributed by atoms with Crippen molar-refractivity contribution in [1.82, 2.24) is 4.98 Å². The minimum Gasteiger partial charge on any atom is -0.245 e. The van der Waals surface area contributed by atoms with Crippen LogP contribution in [-0.4, -0.2) is 4.98 Å². The fraction of sp³-hybridized carbons (Fsp3) is 0. The molecule has 1 aromatic heterocycles. The molecule has 53 valence electrons. The summed E-state index contributed by atoms with van der Waals surface area (Å²) < 4.78 is 0. The van der Waals surface area contributed by atoms with E-state index in [2.05, 4.69) is 11.1 Å². The number of rotatable bonds is 1. The van der Waals surface area contributed by atoms with Crippen LogP contribution in [-0.2, 0) is 0 Å². The van der Waals surface area contributed by atoms with Gasteiger partial charge in [-0.05, 0) is 6.07 Å². The van der Waals surface area contributed by atoms with Crippen LogP contribution < -0.4 is 0 Å². The third-order valence-corrected chi connectivity index (χ3v) is 2.03. The fourth-order valence-electron chi connectivity index (χ4n) is 0.913. The Morgan fingerprint density at radius 1 is 1.27 bits per heavy atom. The largest absolute Gasteiger partial charge is 0.245 e. The Kier molecular flexibility index (Phi) is 1.69. The summed E-state index contributed by atoms with van der Waals surface area (Å²) in [4.78, 5) is 4.19. The molecule has 0 N–H and O–H groups in total. The zero-order chi connectivity index (χ0) is 7.52. The Morgan fingerprint density at radius 2 is 2.09 bits per heavy atom. The monoisotopic (exact) mass is 160 g/mol. The summed E-state index contributed by atoms with van der Waals surface area (Å²) in [6, 6.07) is 10.8. The van der Waals surface area contributed by atoms with Crippen LogP contribution >= 0.6 is 11.3 Å². The predicted molar refractivity (Wildman–Crippen MR) is 46.4 cm³/mol. The third kappa shape index (κ3) is 1.30. The maximum absolute atomic E-state index is 4.19. The standard InChI is InChI=1S/C9H6NS/c1-2-4-8(5-3-1)9-6-11-7-10-9/h2-7H. The zero-order valence-electron chi connectivity index (χ0n) is 5.82. The van der Waals surface area contributed by atoms with Crippen molar-refractivity contribution in [3.05, 3.63) is 41.2 Å². The summed E-state index contributed by atoms with van der Waals surface area (Å²) in [5, 5.41) is 2.04. The van der Waals surface area contributed by atoms with E-state index >= 15 is 0 Å². The van der Waals surface area contributed by atoms with Crippen LogP contribution in [0.3, 0.4) is 0 Å². The molecule has 0 aliphatic rings. The van der Waals surface area contributed by atoms with Crippen LogP contribution in [0.4, 0.5) is 0 Å². The lowest BCUT2D eigenvalue weighted by Crippen LogP contribution is -1.73. The predicted octanol–water partition coefficient (Wildman–Crippen LogP) is 2.61. The van der Waals surface area contributed by atoms with Crippen molar-refractivity contribution < 1.29 is 0 Å². The molecule has 0 spiro atoms. The first-order valence-electron chi connectivity index (χ1n) is 3.31. The van der Waals surface area contributed by atoms with Gasteiger partial charge in [0, 0.05) is 10.9 Å². The first kappa shape index (κ1) is 6.55. The summed E-state index contributed by atoms with van der Waals surface area (Å²) in [6.07, 6.45) is 0. The number of thiazole rings is 1. The van der Waals surface area contributed by atoms with E-state index < -0.39 is 0 Å². The van der Waals surface area contributed by atoms with Gasteiger partial charge in [-0.25, -0.2) is 4.98 Å². The highest BCUT2D eigenvalue weighted by Crippen LogP contribution is 2.17. The molecule has 2 aromatic rings. The SMILES string of the molecule is [c]1ccc(-c2cscn2)cc1. The third-order valence-electron chi connectivity index (χ3n) is 1.45. The second-order valence-corrected chi connectivity index (χ2v) is 2.88. The van der Waals surface area contributed by atoms with E-state index in [1.54, 1.807) is 11.3 Å². The normalized spacial score (nSPS) is 9.82. The Labute approximate surface area is 69.3 Å². The van der Waals surface area contributed by atoms with E-state index in [1.807, 2.05) is 35.2 Å². The molecule has 0 saturated heterocycles. The van der Waals surface area contributed by atoms with Crippen LogP contribution in [0.5, 0.6) is 0 Å². The summed E-state index contributed by atoms with van der Waals surface area (Å²) in [6.45, 7) is 0. The van der Waals surface area contributed by atoms with Gasteiger partial charge in [0.2, 0.25) is 0 Å². The zero-order valence-corrected chi connectivity index (χ0v) is 6.64. The number of benzene rings is 1. The molecule has 1 aromatic carbocycles. The van der Waals surface area contributed by atoms with Gasteiger partial charge in [-0.1, -0.05) is 24.3 Å². The minimum absolute atomic E-state index is 1.05. The highest BCUT2D eigenvalue weighted by molar-refractivity contribution is 7.07. The number of hydrogen-bond acceptors (Lipinski definition) is 2. The fourth-order valence-corrected chi connectivity index (χ4v) is 1.47. The highest BCUT2D eigenvalue weighted by atomic mass is 32.1. The van der Waals surface area contributed by atoms with E-state index in [4.69, 9.17) is 0 Å². The average Bonchev–Trinajstić information content (AvgIpc) is 2.58. The van der Waals surface area contributed by atoms with Gasteiger partial charge >= 0.3 is 0 Å². The molecule has 0 bridgehead atoms. The van der Waals surface area contributed by atoms with Gasteiger partial charge in [0.1, 0.15) is 0 Å². The van der Waals surface area contributed by atoms with Gasteiger partial charge < -0.3 is 0 Å². The summed E-state index contributed by atoms with van der Waals surface area (Å²) >= 11 is 1.61. The molecule has 0 saturated carbocycles. The lowest BCUT2D eigenvalue weighted by Gasteiger charge is -1.91. The summed E-state index contributed by atoms with van der Waals surface area (Å²) in [7, 11) is 0. The lowest BCUT2D eigenvalue weighted by atomic mass is 10.2. The molecule has 2 rings (SSSR count). The van der Waals surface area contributed by atoms with Crippen LogP contribution in [0, 0.1) is 6.07 Å². The second-order valence-electron chi connectivity index (χ2n) is 2.16. The maximum Gasteiger partial charge on any atom is 0.0811 e. The Bertz CT molecular complexity index is 313. The second kappa shape index (κ2) is 2.84. The molecule has 0 unspecified atom stereocenters. The lowest BCUT2D eigenvalue weighted by molar-refractivity contribution is 1.41. The van der Waals surface area contributed by atoms with Crippen molar-refractivity contribution in [1.29, 1.82) is 0 Å². The first-order valence-corrected chi connectivity index (χ1v) is 4.26. The Hall–Kier alpha value is -1.15. The highest BCUT2D eigenvalue weighted by Gasteiger charge is 1.95. The molecular weight excluding hydrogens is 154 g/mol. The van der Waals surface area contributed by atoms with Crippen molar-refractivity contribution in [2.45, 2.75) is 0 Å². The van der Waals surface area contributed by atoms with Crippen LogP contribution in [0.15, 0.2) is 35.2 Å². The minimum atomic E-state index is 1.05. The average molecular weight is 160 g/mol. The van der Waals surface area contributed by atoms with E-state index in [9.17, 15) is 0 Å². The van der Waals surface area contributed by atoms with Gasteiger partial charge in [0.25, 0.3) is 0 Å². The molecule has 2 heteroatoms. The Balaban J connectivity index is 2.46. The van der Waals surface area contributed by atoms with Crippen molar-refractivity contribution in [3.8, 4) is 11.3 Å². The van der Waals surface area contributed by atoms with Gasteiger partial charge in [0.15, 0.2) is 0 Å². The van der Waals surface area contributed by atoms with Crippen LogP contribution in [0.2, 0.25) is 0 Å². The maximum atomic E-state index is 4.19. The molecule has 1 nitrogen and oxygen atoms in total. The molecule has 0 aliphatic carbocycles. The molecule has 0 amide bonds. The van der Waals surface area contributed by atoms with Crippen molar-refractivity contribution in [2.75, 3.05) is 0 Å². The molecule has 1 radical (unpaired) electrons. The van der Waals surface area contributed by atoms with Gasteiger partial charge in [0.05, 0.1) is 11.2 Å². The van der Waals surface area contributed by atoms with Crippen LogP contribution in [0.25, 0.3) is 11.3 Å².